The number of nitrogens with zero attached hydrogens (tertiary/aromatic N) is 3. The molecule has 3 rings (SSSR count). The van der Waals surface area contributed by atoms with Gasteiger partial charge < -0.3 is 4.74 Å². The minimum atomic E-state index is 0.502. The number of hydrogen-bond acceptors (Lipinski definition) is 4. The summed E-state index contributed by atoms with van der Waals surface area (Å²) in [6.45, 7) is 1.61. The summed E-state index contributed by atoms with van der Waals surface area (Å²) >= 11 is 11.5. The lowest BCUT2D eigenvalue weighted by molar-refractivity contribution is 0.250. The molecule has 0 radical (unpaired) electrons. The number of hydrogen-bond donors (Lipinski definition) is 1. The number of aromatic nitrogens is 3. The lowest BCUT2D eigenvalue weighted by Crippen LogP contribution is -2.24. The molecular weight excluding hydrogens is 380 g/mol. The van der Waals surface area contributed by atoms with Gasteiger partial charge >= 0.3 is 0 Å². The first-order valence-electron chi connectivity index (χ1n) is 8.80. The van der Waals surface area contributed by atoms with Crippen molar-refractivity contribution in [2.45, 2.75) is 19.5 Å². The maximum Gasteiger partial charge on any atom is 0.217 e. The van der Waals surface area contributed by atoms with E-state index in [1.807, 2.05) is 22.9 Å². The highest BCUT2D eigenvalue weighted by Gasteiger charge is 2.12. The molecule has 0 atom stereocenters. The maximum absolute atomic E-state index is 6.12. The standard InChI is InChI=1S/C20H23ClN4OS/c1-24(12-6-9-15-7-4-3-5-8-15)14-25-20(27)22-19(23-25)17-13-16(21)10-11-18(17)26-2/h3-5,7-8,10-11,13H,6,9,12,14H2,1-2H3,(H,22,23,27). The molecular formula is C20H23ClN4OS. The van der Waals surface area contributed by atoms with E-state index < -0.39 is 0 Å². The fraction of sp³-hybridized carbons (Fsp3) is 0.300. The van der Waals surface area contributed by atoms with Crippen molar-refractivity contribution >= 4 is 23.8 Å². The zero-order chi connectivity index (χ0) is 19.2. The first kappa shape index (κ1) is 19.6. The highest BCUT2D eigenvalue weighted by atomic mass is 35.5. The van der Waals surface area contributed by atoms with Crippen LogP contribution in [0.4, 0.5) is 0 Å². The molecule has 1 N–H and O–H groups in total. The number of ether oxygens (including phenoxy) is 1. The molecule has 0 saturated heterocycles. The molecule has 0 fully saturated rings. The van der Waals surface area contributed by atoms with Crippen molar-refractivity contribution in [2.75, 3.05) is 20.7 Å². The summed E-state index contributed by atoms with van der Waals surface area (Å²) in [7, 11) is 3.70. The van der Waals surface area contributed by atoms with Gasteiger partial charge in [-0.1, -0.05) is 41.9 Å². The van der Waals surface area contributed by atoms with Gasteiger partial charge in [-0.15, -0.1) is 0 Å². The van der Waals surface area contributed by atoms with E-state index in [9.17, 15) is 0 Å². The third-order valence-electron chi connectivity index (χ3n) is 4.33. The topological polar surface area (TPSA) is 46.1 Å². The molecule has 0 aliphatic rings. The number of H-pyrrole nitrogens is 1. The van der Waals surface area contributed by atoms with Crippen LogP contribution >= 0.6 is 23.8 Å². The number of benzene rings is 2. The highest BCUT2D eigenvalue weighted by Crippen LogP contribution is 2.30. The Hall–Kier alpha value is -2.15. The number of aryl methyl sites for hydroxylation is 1. The van der Waals surface area contributed by atoms with E-state index in [1.54, 1.807) is 13.2 Å². The second-order valence-electron chi connectivity index (χ2n) is 6.44. The summed E-state index contributed by atoms with van der Waals surface area (Å²) in [6, 6.07) is 16.0. The molecule has 5 nitrogen and oxygen atoms in total. The van der Waals surface area contributed by atoms with Crippen LogP contribution in [0.2, 0.25) is 5.02 Å². The van der Waals surface area contributed by atoms with Gasteiger partial charge in [0.1, 0.15) is 5.75 Å². The van der Waals surface area contributed by atoms with Gasteiger partial charge in [-0.05, 0) is 62.4 Å². The van der Waals surface area contributed by atoms with E-state index in [0.717, 1.165) is 24.9 Å². The van der Waals surface area contributed by atoms with Gasteiger partial charge in [0.15, 0.2) is 5.82 Å². The van der Waals surface area contributed by atoms with Crippen LogP contribution in [0.25, 0.3) is 11.4 Å². The Bertz CT molecular complexity index is 939. The number of methoxy groups -OCH3 is 1. The summed E-state index contributed by atoms with van der Waals surface area (Å²) < 4.78 is 7.76. The second-order valence-corrected chi connectivity index (χ2v) is 7.24. The normalized spacial score (nSPS) is 11.1. The first-order valence-corrected chi connectivity index (χ1v) is 9.58. The molecule has 0 aliphatic carbocycles. The third kappa shape index (κ3) is 5.19. The summed E-state index contributed by atoms with van der Waals surface area (Å²) in [5.74, 6) is 1.35. The van der Waals surface area contributed by atoms with Crippen LogP contribution in [0.3, 0.4) is 0 Å². The van der Waals surface area contributed by atoms with Crippen molar-refractivity contribution in [1.82, 2.24) is 19.7 Å². The lowest BCUT2D eigenvalue weighted by atomic mass is 10.1. The van der Waals surface area contributed by atoms with Crippen LogP contribution in [0.1, 0.15) is 12.0 Å². The van der Waals surface area contributed by atoms with Crippen LogP contribution in [0.5, 0.6) is 5.75 Å². The lowest BCUT2D eigenvalue weighted by Gasteiger charge is -2.16. The molecule has 27 heavy (non-hydrogen) atoms. The Morgan fingerprint density at radius 3 is 2.74 bits per heavy atom. The Balaban J connectivity index is 1.64. The smallest absolute Gasteiger partial charge is 0.217 e. The maximum atomic E-state index is 6.12. The van der Waals surface area contributed by atoms with E-state index in [2.05, 4.69) is 46.3 Å². The Morgan fingerprint density at radius 1 is 1.22 bits per heavy atom. The predicted molar refractivity (Wildman–Crippen MR) is 112 cm³/mol. The van der Waals surface area contributed by atoms with Gasteiger partial charge in [-0.3, -0.25) is 10.00 Å². The molecule has 142 valence electrons. The predicted octanol–water partition coefficient (Wildman–Crippen LogP) is 4.79. The van der Waals surface area contributed by atoms with Gasteiger partial charge in [-0.25, -0.2) is 4.68 Å². The molecule has 0 saturated carbocycles. The summed E-state index contributed by atoms with van der Waals surface area (Å²) in [4.78, 5) is 6.69. The van der Waals surface area contributed by atoms with Gasteiger partial charge in [0, 0.05) is 5.02 Å². The SMILES string of the molecule is COc1ccc(Cl)cc1-c1nc(=S)n(CN(C)CCCc2ccccc2)[nH]1. The molecule has 1 aromatic heterocycles. The van der Waals surface area contributed by atoms with E-state index in [-0.39, 0.29) is 0 Å². The molecule has 0 aliphatic heterocycles. The van der Waals surface area contributed by atoms with Crippen molar-refractivity contribution < 1.29 is 4.74 Å². The molecule has 1 heterocycles. The summed E-state index contributed by atoms with van der Waals surface area (Å²) in [6.07, 6.45) is 2.14. The molecule has 7 heteroatoms. The number of halogens is 1. The molecule has 0 amide bonds. The van der Waals surface area contributed by atoms with Crippen LogP contribution in [0.15, 0.2) is 48.5 Å². The molecule has 0 unspecified atom stereocenters. The second kappa shape index (κ2) is 9.17. The summed E-state index contributed by atoms with van der Waals surface area (Å²) in [5, 5.41) is 3.88. The van der Waals surface area contributed by atoms with Crippen molar-refractivity contribution in [3.63, 3.8) is 0 Å². The molecule has 2 aromatic carbocycles. The van der Waals surface area contributed by atoms with E-state index in [0.29, 0.717) is 28.0 Å². The minimum Gasteiger partial charge on any atom is -0.496 e. The van der Waals surface area contributed by atoms with Crippen molar-refractivity contribution in [2.24, 2.45) is 0 Å². The van der Waals surface area contributed by atoms with Gasteiger partial charge in [0.05, 0.1) is 19.3 Å². The third-order valence-corrected chi connectivity index (χ3v) is 4.87. The fourth-order valence-corrected chi connectivity index (χ4v) is 3.31. The van der Waals surface area contributed by atoms with Crippen LogP contribution in [-0.4, -0.2) is 40.4 Å². The first-order chi connectivity index (χ1) is 13.1. The molecule has 0 bridgehead atoms. The number of nitrogens with one attached hydrogen (secondary N) is 1. The van der Waals surface area contributed by atoms with Crippen LogP contribution < -0.4 is 4.74 Å². The van der Waals surface area contributed by atoms with Gasteiger partial charge in [0.25, 0.3) is 0 Å². The largest absolute Gasteiger partial charge is 0.496 e. The van der Waals surface area contributed by atoms with Crippen LogP contribution in [0, 0.1) is 4.77 Å². The molecule has 0 spiro atoms. The van der Waals surface area contributed by atoms with Crippen molar-refractivity contribution in [1.29, 1.82) is 0 Å². The minimum absolute atomic E-state index is 0.502. The Labute approximate surface area is 169 Å². The highest BCUT2D eigenvalue weighted by molar-refractivity contribution is 7.71. The van der Waals surface area contributed by atoms with E-state index in [4.69, 9.17) is 28.6 Å². The number of aromatic amines is 1. The van der Waals surface area contributed by atoms with Crippen molar-refractivity contribution in [3.05, 3.63) is 63.9 Å². The van der Waals surface area contributed by atoms with Crippen LogP contribution in [-0.2, 0) is 13.1 Å². The Kier molecular flexibility index (Phi) is 6.66. The Morgan fingerprint density at radius 2 is 2.00 bits per heavy atom. The van der Waals surface area contributed by atoms with Crippen molar-refractivity contribution in [3.8, 4) is 17.1 Å². The number of rotatable bonds is 8. The van der Waals surface area contributed by atoms with E-state index in [1.165, 1.54) is 5.56 Å². The van der Waals surface area contributed by atoms with Gasteiger partial charge in [0.2, 0.25) is 4.77 Å². The quantitative estimate of drug-likeness (QED) is 0.550. The molecule has 3 aromatic rings. The zero-order valence-corrected chi connectivity index (χ0v) is 17.1. The van der Waals surface area contributed by atoms with E-state index >= 15 is 0 Å². The fourth-order valence-electron chi connectivity index (χ4n) is 2.95. The zero-order valence-electron chi connectivity index (χ0n) is 15.5. The average Bonchev–Trinajstić information content (AvgIpc) is 3.03. The average molecular weight is 403 g/mol. The summed E-state index contributed by atoms with van der Waals surface area (Å²) in [5.41, 5.74) is 2.15. The monoisotopic (exact) mass is 402 g/mol. The van der Waals surface area contributed by atoms with Gasteiger partial charge in [-0.2, -0.15) is 4.98 Å².